The molecule has 1 N–H and O–H groups in total. The minimum atomic E-state index is 0.450. The Balaban J connectivity index is 2.01. The number of benzene rings is 1. The van der Waals surface area contributed by atoms with E-state index in [2.05, 4.69) is 61.6 Å². The Morgan fingerprint density at radius 3 is 2.58 bits per heavy atom. The molecule has 0 spiro atoms. The zero-order chi connectivity index (χ0) is 13.7. The van der Waals surface area contributed by atoms with Crippen molar-refractivity contribution < 1.29 is 0 Å². The molecule has 106 valence electrons. The molecular weight excluding hydrogens is 232 g/mol. The molecule has 2 nitrogen and oxygen atoms in total. The number of hydrogen-bond acceptors (Lipinski definition) is 2. The Hall–Kier alpha value is -0.860. The van der Waals surface area contributed by atoms with Gasteiger partial charge in [0.05, 0.1) is 0 Å². The highest BCUT2D eigenvalue weighted by Crippen LogP contribution is 2.26. The summed E-state index contributed by atoms with van der Waals surface area (Å²) in [6.45, 7) is 3.45. The molecule has 0 aliphatic heterocycles. The van der Waals surface area contributed by atoms with Gasteiger partial charge in [-0.25, -0.2) is 0 Å². The largest absolute Gasteiger partial charge is 0.308 e. The molecule has 0 radical (unpaired) electrons. The molecule has 0 bridgehead atoms. The second-order valence-corrected chi connectivity index (χ2v) is 6.36. The van der Waals surface area contributed by atoms with Crippen molar-refractivity contribution in [3.63, 3.8) is 0 Å². The molecule has 0 saturated heterocycles. The topological polar surface area (TPSA) is 15.3 Å². The van der Waals surface area contributed by atoms with Gasteiger partial charge in [0, 0.05) is 18.6 Å². The van der Waals surface area contributed by atoms with Crippen molar-refractivity contribution in [2.75, 3.05) is 20.6 Å². The molecule has 1 fully saturated rings. The molecule has 0 heterocycles. The van der Waals surface area contributed by atoms with E-state index in [4.69, 9.17) is 0 Å². The minimum Gasteiger partial charge on any atom is -0.308 e. The fraction of sp³-hybridized carbons (Fsp3) is 0.647. The first-order valence-electron chi connectivity index (χ1n) is 7.61. The van der Waals surface area contributed by atoms with Gasteiger partial charge in [-0.3, -0.25) is 0 Å². The van der Waals surface area contributed by atoms with Crippen LogP contribution in [0.1, 0.15) is 44.2 Å². The summed E-state index contributed by atoms with van der Waals surface area (Å²) in [4.78, 5) is 2.27. The van der Waals surface area contributed by atoms with E-state index in [0.717, 1.165) is 12.5 Å². The lowest BCUT2D eigenvalue weighted by molar-refractivity contribution is 0.254. The highest BCUT2D eigenvalue weighted by Gasteiger charge is 2.22. The maximum Gasteiger partial charge on any atom is 0.0451 e. The van der Waals surface area contributed by atoms with Crippen LogP contribution in [0.25, 0.3) is 0 Å². The van der Waals surface area contributed by atoms with Crippen LogP contribution in [0.15, 0.2) is 30.3 Å². The number of likely N-dealkylation sites (N-methyl/N-ethyl adjacent to an activating group) is 1. The average Bonchev–Trinajstić information content (AvgIpc) is 2.38. The third kappa shape index (κ3) is 4.63. The Kier molecular flexibility index (Phi) is 5.41. The molecule has 3 unspecified atom stereocenters. The highest BCUT2D eigenvalue weighted by atomic mass is 15.1. The SMILES string of the molecule is CC1CCCC(NC(CN(C)C)c2ccccc2)C1. The zero-order valence-corrected chi connectivity index (χ0v) is 12.6. The first-order valence-corrected chi connectivity index (χ1v) is 7.61. The van der Waals surface area contributed by atoms with Crippen LogP contribution in [0.5, 0.6) is 0 Å². The number of nitrogens with zero attached hydrogens (tertiary/aromatic N) is 1. The van der Waals surface area contributed by atoms with Gasteiger partial charge in [-0.15, -0.1) is 0 Å². The molecule has 1 aliphatic rings. The van der Waals surface area contributed by atoms with E-state index >= 15 is 0 Å². The number of rotatable bonds is 5. The van der Waals surface area contributed by atoms with Crippen molar-refractivity contribution in [3.05, 3.63) is 35.9 Å². The van der Waals surface area contributed by atoms with Gasteiger partial charge in [0.15, 0.2) is 0 Å². The molecule has 3 atom stereocenters. The van der Waals surface area contributed by atoms with Crippen molar-refractivity contribution in [2.24, 2.45) is 5.92 Å². The second-order valence-electron chi connectivity index (χ2n) is 6.36. The van der Waals surface area contributed by atoms with Gasteiger partial charge in [-0.1, -0.05) is 50.1 Å². The summed E-state index contributed by atoms with van der Waals surface area (Å²) < 4.78 is 0. The Bertz CT molecular complexity index is 361. The monoisotopic (exact) mass is 260 g/mol. The zero-order valence-electron chi connectivity index (χ0n) is 12.6. The van der Waals surface area contributed by atoms with Crippen molar-refractivity contribution in [3.8, 4) is 0 Å². The standard InChI is InChI=1S/C17H28N2/c1-14-8-7-11-16(12-14)18-17(13-19(2)3)15-9-5-4-6-10-15/h4-6,9-10,14,16-18H,7-8,11-13H2,1-3H3. The van der Waals surface area contributed by atoms with Crippen molar-refractivity contribution in [2.45, 2.75) is 44.7 Å². The lowest BCUT2D eigenvalue weighted by Gasteiger charge is -2.32. The van der Waals surface area contributed by atoms with Crippen LogP contribution >= 0.6 is 0 Å². The first kappa shape index (κ1) is 14.5. The number of nitrogens with one attached hydrogen (secondary N) is 1. The summed E-state index contributed by atoms with van der Waals surface area (Å²) in [5.74, 6) is 0.877. The van der Waals surface area contributed by atoms with E-state index in [1.165, 1.54) is 31.2 Å². The van der Waals surface area contributed by atoms with Crippen LogP contribution < -0.4 is 5.32 Å². The van der Waals surface area contributed by atoms with Crippen LogP contribution in [-0.4, -0.2) is 31.6 Å². The molecule has 1 aromatic carbocycles. The summed E-state index contributed by atoms with van der Waals surface area (Å²) in [5, 5.41) is 3.89. The van der Waals surface area contributed by atoms with E-state index < -0.39 is 0 Å². The van der Waals surface area contributed by atoms with Gasteiger partial charge in [-0.05, 0) is 38.4 Å². The molecule has 1 aromatic rings. The van der Waals surface area contributed by atoms with Crippen LogP contribution in [0, 0.1) is 5.92 Å². The van der Waals surface area contributed by atoms with Crippen molar-refractivity contribution in [1.82, 2.24) is 10.2 Å². The quantitative estimate of drug-likeness (QED) is 0.872. The molecule has 2 rings (SSSR count). The predicted molar refractivity (Wildman–Crippen MR) is 82.3 cm³/mol. The van der Waals surface area contributed by atoms with Gasteiger partial charge in [-0.2, -0.15) is 0 Å². The van der Waals surface area contributed by atoms with Crippen molar-refractivity contribution >= 4 is 0 Å². The van der Waals surface area contributed by atoms with E-state index in [1.807, 2.05) is 0 Å². The Labute approximate surface area is 118 Å². The Morgan fingerprint density at radius 2 is 1.95 bits per heavy atom. The molecule has 0 aromatic heterocycles. The lowest BCUT2D eigenvalue weighted by atomic mass is 9.86. The first-order chi connectivity index (χ1) is 9.15. The molecule has 0 amide bonds. The van der Waals surface area contributed by atoms with Crippen molar-refractivity contribution in [1.29, 1.82) is 0 Å². The molecule has 2 heteroatoms. The third-order valence-electron chi connectivity index (χ3n) is 4.12. The molecule has 19 heavy (non-hydrogen) atoms. The molecule has 1 aliphatic carbocycles. The second kappa shape index (κ2) is 7.06. The predicted octanol–water partition coefficient (Wildman–Crippen LogP) is 3.46. The van der Waals surface area contributed by atoms with E-state index in [-0.39, 0.29) is 0 Å². The maximum atomic E-state index is 3.89. The van der Waals surface area contributed by atoms with Crippen LogP contribution in [-0.2, 0) is 0 Å². The minimum absolute atomic E-state index is 0.450. The van der Waals surface area contributed by atoms with Crippen LogP contribution in [0.3, 0.4) is 0 Å². The normalized spacial score (nSPS) is 25.5. The maximum absolute atomic E-state index is 3.89. The van der Waals surface area contributed by atoms with E-state index in [0.29, 0.717) is 12.1 Å². The number of hydrogen-bond donors (Lipinski definition) is 1. The van der Waals surface area contributed by atoms with Gasteiger partial charge in [0.1, 0.15) is 0 Å². The fourth-order valence-corrected chi connectivity index (χ4v) is 3.17. The summed E-state index contributed by atoms with van der Waals surface area (Å²) in [5.41, 5.74) is 1.41. The van der Waals surface area contributed by atoms with Gasteiger partial charge >= 0.3 is 0 Å². The summed E-state index contributed by atoms with van der Waals surface area (Å²) in [6, 6.07) is 12.0. The average molecular weight is 260 g/mol. The lowest BCUT2D eigenvalue weighted by Crippen LogP contribution is -2.40. The van der Waals surface area contributed by atoms with E-state index in [9.17, 15) is 0 Å². The summed E-state index contributed by atoms with van der Waals surface area (Å²) >= 11 is 0. The van der Waals surface area contributed by atoms with Crippen LogP contribution in [0.2, 0.25) is 0 Å². The molecular formula is C17H28N2. The smallest absolute Gasteiger partial charge is 0.0451 e. The van der Waals surface area contributed by atoms with E-state index in [1.54, 1.807) is 0 Å². The van der Waals surface area contributed by atoms with Gasteiger partial charge < -0.3 is 10.2 Å². The third-order valence-corrected chi connectivity index (χ3v) is 4.12. The highest BCUT2D eigenvalue weighted by molar-refractivity contribution is 5.19. The summed E-state index contributed by atoms with van der Waals surface area (Å²) in [6.07, 6.45) is 5.45. The Morgan fingerprint density at radius 1 is 1.21 bits per heavy atom. The van der Waals surface area contributed by atoms with Gasteiger partial charge in [0.25, 0.3) is 0 Å². The van der Waals surface area contributed by atoms with Crippen LogP contribution in [0.4, 0.5) is 0 Å². The fourth-order valence-electron chi connectivity index (χ4n) is 3.17. The molecule has 1 saturated carbocycles. The summed E-state index contributed by atoms with van der Waals surface area (Å²) in [7, 11) is 4.31. The van der Waals surface area contributed by atoms with Gasteiger partial charge in [0.2, 0.25) is 0 Å².